The number of hydrogen-bond acceptors (Lipinski definition) is 3. The van der Waals surface area contributed by atoms with Crippen molar-refractivity contribution in [3.8, 4) is 5.69 Å². The average Bonchev–Trinajstić information content (AvgIpc) is 2.93. The van der Waals surface area contributed by atoms with Gasteiger partial charge in [0.2, 0.25) is 0 Å². The number of aromatic nitrogens is 1. The number of hydrogen-bond donors (Lipinski definition) is 2. The predicted molar refractivity (Wildman–Crippen MR) is 95.3 cm³/mol. The molecule has 0 spiro atoms. The molecule has 0 radical (unpaired) electrons. The van der Waals surface area contributed by atoms with Gasteiger partial charge in [0.25, 0.3) is 0 Å². The van der Waals surface area contributed by atoms with Crippen LogP contribution in [-0.2, 0) is 16.0 Å². The molecule has 2 rings (SSSR count). The Morgan fingerprint density at radius 3 is 2.52 bits per heavy atom. The Labute approximate surface area is 151 Å². The fourth-order valence-electron chi connectivity index (χ4n) is 2.32. The molecule has 1 heterocycles. The van der Waals surface area contributed by atoms with E-state index in [1.165, 1.54) is 0 Å². The van der Waals surface area contributed by atoms with Crippen LogP contribution in [0.2, 0.25) is 5.02 Å². The number of rotatable bonds is 5. The number of benzene rings is 1. The standard InChI is InChI=1S/C18H21ClN2O4/c1-18(2,3)25-17(24)20-14(16(22)23)11-12-7-6-10-21(12)15-9-5-4-8-13(15)19/h4-10,14H,11H2,1-3H3,(H,20,24)(H,22,23). The molecule has 2 N–H and O–H groups in total. The normalized spacial score (nSPS) is 12.5. The zero-order chi connectivity index (χ0) is 18.6. The van der Waals surface area contributed by atoms with Crippen LogP contribution >= 0.6 is 11.6 Å². The lowest BCUT2D eigenvalue weighted by Gasteiger charge is -2.22. The highest BCUT2D eigenvalue weighted by Crippen LogP contribution is 2.22. The lowest BCUT2D eigenvalue weighted by Crippen LogP contribution is -2.44. The third kappa shape index (κ3) is 5.26. The van der Waals surface area contributed by atoms with Gasteiger partial charge in [-0.1, -0.05) is 23.7 Å². The van der Waals surface area contributed by atoms with Gasteiger partial charge in [-0.2, -0.15) is 0 Å². The number of amides is 1. The Morgan fingerprint density at radius 1 is 1.24 bits per heavy atom. The van der Waals surface area contributed by atoms with Crippen LogP contribution in [0.4, 0.5) is 4.79 Å². The molecule has 0 fully saturated rings. The molecule has 134 valence electrons. The predicted octanol–water partition coefficient (Wildman–Crippen LogP) is 3.65. The van der Waals surface area contributed by atoms with Gasteiger partial charge in [0.15, 0.2) is 0 Å². The number of para-hydroxylation sites is 1. The van der Waals surface area contributed by atoms with Crippen LogP contribution < -0.4 is 5.32 Å². The van der Waals surface area contributed by atoms with E-state index in [9.17, 15) is 14.7 Å². The number of carbonyl (C=O) groups excluding carboxylic acids is 1. The van der Waals surface area contributed by atoms with E-state index in [-0.39, 0.29) is 6.42 Å². The number of carboxylic acids is 1. The van der Waals surface area contributed by atoms with E-state index >= 15 is 0 Å². The Balaban J connectivity index is 2.19. The van der Waals surface area contributed by atoms with E-state index in [4.69, 9.17) is 16.3 Å². The van der Waals surface area contributed by atoms with Gasteiger partial charge in [-0.3, -0.25) is 0 Å². The van der Waals surface area contributed by atoms with Crippen molar-refractivity contribution in [1.82, 2.24) is 9.88 Å². The van der Waals surface area contributed by atoms with E-state index in [0.717, 1.165) is 5.69 Å². The Hall–Kier alpha value is -2.47. The maximum absolute atomic E-state index is 11.9. The lowest BCUT2D eigenvalue weighted by molar-refractivity contribution is -0.139. The number of carbonyl (C=O) groups is 2. The summed E-state index contributed by atoms with van der Waals surface area (Å²) >= 11 is 6.22. The molecule has 1 aromatic heterocycles. The van der Waals surface area contributed by atoms with Crippen molar-refractivity contribution in [3.05, 3.63) is 53.3 Å². The number of carboxylic acid groups (broad SMARTS) is 1. The largest absolute Gasteiger partial charge is 0.480 e. The maximum Gasteiger partial charge on any atom is 0.408 e. The zero-order valence-electron chi connectivity index (χ0n) is 14.3. The molecule has 6 nitrogen and oxygen atoms in total. The summed E-state index contributed by atoms with van der Waals surface area (Å²) in [5.41, 5.74) is 0.743. The third-order valence-corrected chi connectivity index (χ3v) is 3.67. The van der Waals surface area contributed by atoms with Crippen molar-refractivity contribution in [1.29, 1.82) is 0 Å². The second kappa shape index (κ2) is 7.61. The summed E-state index contributed by atoms with van der Waals surface area (Å²) in [6.07, 6.45) is 1.12. The molecule has 1 atom stereocenters. The molecule has 0 aliphatic heterocycles. The summed E-state index contributed by atoms with van der Waals surface area (Å²) in [4.78, 5) is 23.4. The van der Waals surface area contributed by atoms with Crippen LogP contribution in [0.5, 0.6) is 0 Å². The minimum Gasteiger partial charge on any atom is -0.480 e. The van der Waals surface area contributed by atoms with Crippen LogP contribution in [-0.4, -0.2) is 33.4 Å². The third-order valence-electron chi connectivity index (χ3n) is 3.35. The van der Waals surface area contributed by atoms with Crippen molar-refractivity contribution in [3.63, 3.8) is 0 Å². The molecule has 0 saturated heterocycles. The van der Waals surface area contributed by atoms with E-state index in [1.807, 2.05) is 18.2 Å². The molecule has 0 saturated carbocycles. The minimum absolute atomic E-state index is 0.0901. The van der Waals surface area contributed by atoms with Crippen LogP contribution in [0.3, 0.4) is 0 Å². The van der Waals surface area contributed by atoms with Gasteiger partial charge in [0, 0.05) is 18.3 Å². The summed E-state index contributed by atoms with van der Waals surface area (Å²) in [6.45, 7) is 5.14. The first-order valence-corrected chi connectivity index (χ1v) is 8.18. The maximum atomic E-state index is 11.9. The monoisotopic (exact) mass is 364 g/mol. The number of ether oxygens (including phenoxy) is 1. The van der Waals surface area contributed by atoms with Crippen LogP contribution in [0.25, 0.3) is 5.69 Å². The van der Waals surface area contributed by atoms with Crippen molar-refractivity contribution >= 4 is 23.7 Å². The molecule has 1 amide bonds. The van der Waals surface area contributed by atoms with Crippen molar-refractivity contribution in [2.75, 3.05) is 0 Å². The molecule has 0 aliphatic rings. The Morgan fingerprint density at radius 2 is 1.92 bits per heavy atom. The molecular weight excluding hydrogens is 344 g/mol. The number of aliphatic carboxylic acids is 1. The van der Waals surface area contributed by atoms with Crippen molar-refractivity contribution in [2.24, 2.45) is 0 Å². The van der Waals surface area contributed by atoms with E-state index in [2.05, 4.69) is 5.32 Å². The number of nitrogens with one attached hydrogen (secondary N) is 1. The van der Waals surface area contributed by atoms with E-state index < -0.39 is 23.7 Å². The minimum atomic E-state index is -1.14. The Kier molecular flexibility index (Phi) is 5.74. The summed E-state index contributed by atoms with van der Waals surface area (Å²) in [5.74, 6) is -1.14. The molecule has 7 heteroatoms. The quantitative estimate of drug-likeness (QED) is 0.848. The van der Waals surface area contributed by atoms with E-state index in [0.29, 0.717) is 10.7 Å². The molecular formula is C18H21ClN2O4. The first-order valence-electron chi connectivity index (χ1n) is 7.81. The Bertz CT molecular complexity index is 764. The molecule has 1 unspecified atom stereocenters. The fraction of sp³-hybridized carbons (Fsp3) is 0.333. The smallest absolute Gasteiger partial charge is 0.408 e. The van der Waals surface area contributed by atoms with Gasteiger partial charge >= 0.3 is 12.1 Å². The van der Waals surface area contributed by atoms with Gasteiger partial charge in [0.1, 0.15) is 11.6 Å². The lowest BCUT2D eigenvalue weighted by atomic mass is 10.1. The molecule has 2 aromatic rings. The van der Waals surface area contributed by atoms with Gasteiger partial charge < -0.3 is 19.7 Å². The topological polar surface area (TPSA) is 80.6 Å². The second-order valence-electron chi connectivity index (χ2n) is 6.56. The first-order chi connectivity index (χ1) is 11.7. The highest BCUT2D eigenvalue weighted by atomic mass is 35.5. The van der Waals surface area contributed by atoms with Crippen molar-refractivity contribution in [2.45, 2.75) is 38.8 Å². The molecule has 0 aliphatic carbocycles. The summed E-state index contributed by atoms with van der Waals surface area (Å²) < 4.78 is 6.93. The van der Waals surface area contributed by atoms with E-state index in [1.54, 1.807) is 49.7 Å². The fourth-order valence-corrected chi connectivity index (χ4v) is 2.55. The number of alkyl carbamates (subject to hydrolysis) is 1. The average molecular weight is 365 g/mol. The first kappa shape index (κ1) is 18.9. The summed E-state index contributed by atoms with van der Waals surface area (Å²) in [5, 5.41) is 12.4. The second-order valence-corrected chi connectivity index (χ2v) is 6.97. The van der Waals surface area contributed by atoms with Crippen LogP contribution in [0.1, 0.15) is 26.5 Å². The number of nitrogens with zero attached hydrogens (tertiary/aromatic N) is 1. The van der Waals surface area contributed by atoms with Crippen LogP contribution in [0.15, 0.2) is 42.6 Å². The summed E-state index contributed by atoms with van der Waals surface area (Å²) in [6, 6.07) is 9.72. The molecule has 25 heavy (non-hydrogen) atoms. The van der Waals surface area contributed by atoms with Crippen LogP contribution in [0, 0.1) is 0 Å². The highest BCUT2D eigenvalue weighted by Gasteiger charge is 2.25. The highest BCUT2D eigenvalue weighted by molar-refractivity contribution is 6.32. The zero-order valence-corrected chi connectivity index (χ0v) is 15.1. The number of halogens is 1. The van der Waals surface area contributed by atoms with Gasteiger partial charge in [-0.15, -0.1) is 0 Å². The van der Waals surface area contributed by atoms with Gasteiger partial charge in [0.05, 0.1) is 10.7 Å². The molecule has 1 aromatic carbocycles. The summed E-state index contributed by atoms with van der Waals surface area (Å²) in [7, 11) is 0. The van der Waals surface area contributed by atoms with Crippen molar-refractivity contribution < 1.29 is 19.4 Å². The molecule has 0 bridgehead atoms. The SMILES string of the molecule is CC(C)(C)OC(=O)NC(Cc1cccn1-c1ccccc1Cl)C(=O)O. The van der Waals surface area contributed by atoms with Gasteiger partial charge in [-0.25, -0.2) is 9.59 Å². The van der Waals surface area contributed by atoms with Gasteiger partial charge in [-0.05, 0) is 45.0 Å².